The molecule has 9 nitrogen and oxygen atoms in total. The van der Waals surface area contributed by atoms with Crippen molar-refractivity contribution < 1.29 is 14.3 Å². The number of nitrogens with zero attached hydrogens (tertiary/aromatic N) is 3. The van der Waals surface area contributed by atoms with E-state index in [0.717, 1.165) is 0 Å². The fraction of sp³-hybridized carbons (Fsp3) is 0.294. The maximum absolute atomic E-state index is 12.3. The summed E-state index contributed by atoms with van der Waals surface area (Å²) < 4.78 is 10.9. The van der Waals surface area contributed by atoms with E-state index in [1.165, 1.54) is 0 Å². The van der Waals surface area contributed by atoms with Crippen molar-refractivity contribution in [3.63, 3.8) is 0 Å². The molecule has 26 heavy (non-hydrogen) atoms. The van der Waals surface area contributed by atoms with Gasteiger partial charge in [0.2, 0.25) is 0 Å². The van der Waals surface area contributed by atoms with Crippen molar-refractivity contribution in [2.24, 2.45) is 0 Å². The number of H-pyrrole nitrogens is 2. The Labute approximate surface area is 150 Å². The van der Waals surface area contributed by atoms with Gasteiger partial charge in [-0.1, -0.05) is 12.1 Å². The molecule has 0 saturated carbocycles. The molecular formula is C17H20N6O3. The summed E-state index contributed by atoms with van der Waals surface area (Å²) in [6.45, 7) is 3.84. The van der Waals surface area contributed by atoms with E-state index in [-0.39, 0.29) is 24.2 Å². The second-order valence-electron chi connectivity index (χ2n) is 5.69. The SMILES string of the molecule is COc1ccccc1OCc1cc(C(=O)N[C@H](C)c2n[nH]c(C)n2)n[nH]1. The standard InChI is InChI=1S/C17H20N6O3/c1-10(16-19-11(2)20-23-16)18-17(24)13-8-12(21-22-13)9-26-15-7-5-4-6-14(15)25-3/h4-8,10H,9H2,1-3H3,(H,18,24)(H,21,22)(H,19,20,23)/t10-/m1/s1. The van der Waals surface area contributed by atoms with Crippen LogP contribution in [-0.4, -0.2) is 38.4 Å². The number of carbonyl (C=O) groups is 1. The Balaban J connectivity index is 1.59. The van der Waals surface area contributed by atoms with Gasteiger partial charge in [0.25, 0.3) is 5.91 Å². The van der Waals surface area contributed by atoms with E-state index in [0.29, 0.717) is 28.8 Å². The third kappa shape index (κ3) is 4.00. The van der Waals surface area contributed by atoms with Gasteiger partial charge in [-0.05, 0) is 32.0 Å². The van der Waals surface area contributed by atoms with Crippen molar-refractivity contribution in [1.82, 2.24) is 30.7 Å². The predicted octanol–water partition coefficient (Wildman–Crippen LogP) is 1.91. The highest BCUT2D eigenvalue weighted by molar-refractivity contribution is 5.92. The Morgan fingerprint density at radius 3 is 2.69 bits per heavy atom. The summed E-state index contributed by atoms with van der Waals surface area (Å²) >= 11 is 0. The van der Waals surface area contributed by atoms with Crippen LogP contribution in [0, 0.1) is 6.92 Å². The molecule has 1 atom stereocenters. The van der Waals surface area contributed by atoms with Crippen molar-refractivity contribution in [3.05, 3.63) is 53.4 Å². The van der Waals surface area contributed by atoms with Crippen molar-refractivity contribution >= 4 is 5.91 Å². The van der Waals surface area contributed by atoms with Crippen molar-refractivity contribution in [1.29, 1.82) is 0 Å². The number of methoxy groups -OCH3 is 1. The minimum Gasteiger partial charge on any atom is -0.493 e. The molecule has 3 N–H and O–H groups in total. The molecule has 0 aliphatic rings. The highest BCUT2D eigenvalue weighted by Gasteiger charge is 2.17. The zero-order valence-electron chi connectivity index (χ0n) is 14.7. The van der Waals surface area contributed by atoms with E-state index < -0.39 is 0 Å². The Kier molecular flexibility index (Phi) is 5.16. The van der Waals surface area contributed by atoms with Gasteiger partial charge >= 0.3 is 0 Å². The minimum absolute atomic E-state index is 0.232. The molecule has 9 heteroatoms. The average Bonchev–Trinajstić information content (AvgIpc) is 3.29. The third-order valence-corrected chi connectivity index (χ3v) is 3.67. The van der Waals surface area contributed by atoms with Gasteiger partial charge in [0.15, 0.2) is 17.3 Å². The molecule has 136 valence electrons. The second kappa shape index (κ2) is 7.68. The minimum atomic E-state index is -0.336. The second-order valence-corrected chi connectivity index (χ2v) is 5.69. The summed E-state index contributed by atoms with van der Waals surface area (Å²) in [5.41, 5.74) is 0.935. The molecule has 0 bridgehead atoms. The van der Waals surface area contributed by atoms with E-state index >= 15 is 0 Å². The fourth-order valence-electron chi connectivity index (χ4n) is 2.33. The van der Waals surface area contributed by atoms with Crippen LogP contribution in [0.15, 0.2) is 30.3 Å². The van der Waals surface area contributed by atoms with E-state index in [1.807, 2.05) is 24.3 Å². The van der Waals surface area contributed by atoms with Gasteiger partial charge in [0.05, 0.1) is 18.8 Å². The average molecular weight is 356 g/mol. The zero-order chi connectivity index (χ0) is 18.5. The Bertz CT molecular complexity index is 888. The van der Waals surface area contributed by atoms with Gasteiger partial charge in [-0.25, -0.2) is 4.98 Å². The van der Waals surface area contributed by atoms with E-state index in [2.05, 4.69) is 30.7 Å². The third-order valence-electron chi connectivity index (χ3n) is 3.67. The largest absolute Gasteiger partial charge is 0.493 e. The van der Waals surface area contributed by atoms with Gasteiger partial charge < -0.3 is 14.8 Å². The van der Waals surface area contributed by atoms with Gasteiger partial charge in [0, 0.05) is 0 Å². The predicted molar refractivity (Wildman–Crippen MR) is 92.9 cm³/mol. The van der Waals surface area contributed by atoms with Gasteiger partial charge in [-0.2, -0.15) is 10.2 Å². The van der Waals surface area contributed by atoms with Crippen molar-refractivity contribution in [2.45, 2.75) is 26.5 Å². The summed E-state index contributed by atoms with van der Waals surface area (Å²) in [6.07, 6.45) is 0. The molecule has 0 aliphatic heterocycles. The summed E-state index contributed by atoms with van der Waals surface area (Å²) in [7, 11) is 1.58. The molecule has 0 aliphatic carbocycles. The first-order chi connectivity index (χ1) is 12.6. The van der Waals surface area contributed by atoms with Crippen molar-refractivity contribution in [3.8, 4) is 11.5 Å². The van der Waals surface area contributed by atoms with Crippen LogP contribution in [0.25, 0.3) is 0 Å². The van der Waals surface area contributed by atoms with Crippen LogP contribution in [0.2, 0.25) is 0 Å². The number of aromatic amines is 2. The molecule has 1 amide bonds. The Morgan fingerprint density at radius 1 is 1.23 bits per heavy atom. The lowest BCUT2D eigenvalue weighted by Crippen LogP contribution is -2.27. The molecule has 0 radical (unpaired) electrons. The van der Waals surface area contributed by atoms with Crippen molar-refractivity contribution in [2.75, 3.05) is 7.11 Å². The highest BCUT2D eigenvalue weighted by atomic mass is 16.5. The maximum atomic E-state index is 12.3. The molecule has 0 unspecified atom stereocenters. The fourth-order valence-corrected chi connectivity index (χ4v) is 2.33. The van der Waals surface area contributed by atoms with E-state index in [9.17, 15) is 4.79 Å². The molecule has 0 spiro atoms. The van der Waals surface area contributed by atoms with E-state index in [1.54, 1.807) is 27.0 Å². The number of aryl methyl sites for hydroxylation is 1. The van der Waals surface area contributed by atoms with Crippen LogP contribution in [0.3, 0.4) is 0 Å². The zero-order valence-corrected chi connectivity index (χ0v) is 14.7. The lowest BCUT2D eigenvalue weighted by molar-refractivity contribution is 0.0933. The number of hydrogen-bond donors (Lipinski definition) is 3. The molecule has 0 saturated heterocycles. The number of hydrogen-bond acceptors (Lipinski definition) is 6. The number of benzene rings is 1. The summed E-state index contributed by atoms with van der Waals surface area (Å²) in [5, 5.41) is 16.4. The smallest absolute Gasteiger partial charge is 0.272 e. The summed E-state index contributed by atoms with van der Waals surface area (Å²) in [5.74, 6) is 2.15. The molecule has 3 rings (SSSR count). The maximum Gasteiger partial charge on any atom is 0.272 e. The molecule has 0 fully saturated rings. The topological polar surface area (TPSA) is 118 Å². The quantitative estimate of drug-likeness (QED) is 0.595. The van der Waals surface area contributed by atoms with Gasteiger partial charge in [-0.15, -0.1) is 0 Å². The van der Waals surface area contributed by atoms with Crippen LogP contribution in [0.1, 0.15) is 40.8 Å². The summed E-state index contributed by atoms with van der Waals surface area (Å²) in [4.78, 5) is 16.5. The molecule has 1 aromatic carbocycles. The van der Waals surface area contributed by atoms with Crippen LogP contribution in [-0.2, 0) is 6.61 Å². The first-order valence-electron chi connectivity index (χ1n) is 8.06. The Morgan fingerprint density at radius 2 is 2.00 bits per heavy atom. The van der Waals surface area contributed by atoms with Crippen LogP contribution >= 0.6 is 0 Å². The van der Waals surface area contributed by atoms with E-state index in [4.69, 9.17) is 9.47 Å². The molecule has 2 heterocycles. The van der Waals surface area contributed by atoms with Gasteiger partial charge in [-0.3, -0.25) is 15.0 Å². The molecular weight excluding hydrogens is 336 g/mol. The highest BCUT2D eigenvalue weighted by Crippen LogP contribution is 2.26. The number of nitrogens with one attached hydrogen (secondary N) is 3. The molecule has 2 aromatic heterocycles. The first-order valence-corrected chi connectivity index (χ1v) is 8.06. The van der Waals surface area contributed by atoms with Crippen LogP contribution < -0.4 is 14.8 Å². The number of aromatic nitrogens is 5. The van der Waals surface area contributed by atoms with Gasteiger partial charge in [0.1, 0.15) is 18.1 Å². The molecule has 3 aromatic rings. The lowest BCUT2D eigenvalue weighted by Gasteiger charge is -2.09. The number of rotatable bonds is 7. The summed E-state index contributed by atoms with van der Waals surface area (Å²) in [6, 6.07) is 8.64. The Hall–Kier alpha value is -3.36. The lowest BCUT2D eigenvalue weighted by atomic mass is 10.3. The number of carbonyl (C=O) groups excluding carboxylic acids is 1. The number of amides is 1. The van der Waals surface area contributed by atoms with Crippen LogP contribution in [0.4, 0.5) is 0 Å². The number of ether oxygens (including phenoxy) is 2. The first kappa shape index (κ1) is 17.5. The van der Waals surface area contributed by atoms with Crippen LogP contribution in [0.5, 0.6) is 11.5 Å². The normalized spacial score (nSPS) is 11.8. The monoisotopic (exact) mass is 356 g/mol. The number of para-hydroxylation sites is 2.